The van der Waals surface area contributed by atoms with Gasteiger partial charge in [0, 0.05) is 17.5 Å². The summed E-state index contributed by atoms with van der Waals surface area (Å²) in [7, 11) is 0. The van der Waals surface area contributed by atoms with Gasteiger partial charge in [0.15, 0.2) is 0 Å². The molecule has 21 heavy (non-hydrogen) atoms. The smallest absolute Gasteiger partial charge is 0.227 e. The maximum Gasteiger partial charge on any atom is 0.227 e. The maximum absolute atomic E-state index is 12.4. The van der Waals surface area contributed by atoms with Crippen LogP contribution in [0, 0.1) is 11.8 Å². The minimum atomic E-state index is 0.122. The van der Waals surface area contributed by atoms with Crippen molar-refractivity contribution in [2.45, 2.75) is 32.6 Å². The second kappa shape index (κ2) is 5.72. The summed E-state index contributed by atoms with van der Waals surface area (Å²) in [5.41, 5.74) is 8.12. The van der Waals surface area contributed by atoms with Crippen LogP contribution in [-0.2, 0) is 4.79 Å². The highest BCUT2D eigenvalue weighted by molar-refractivity contribution is 6.04. The molecule has 1 aliphatic carbocycles. The highest BCUT2D eigenvalue weighted by Gasteiger charge is 2.24. The van der Waals surface area contributed by atoms with Crippen molar-refractivity contribution in [2.24, 2.45) is 11.8 Å². The van der Waals surface area contributed by atoms with Gasteiger partial charge in [0.1, 0.15) is 0 Å². The van der Waals surface area contributed by atoms with Crippen LogP contribution in [0.25, 0.3) is 10.9 Å². The first-order chi connectivity index (χ1) is 10.1. The Bertz CT molecular complexity index is 660. The van der Waals surface area contributed by atoms with Gasteiger partial charge in [-0.25, -0.2) is 0 Å². The summed E-state index contributed by atoms with van der Waals surface area (Å²) < 4.78 is 0. The van der Waals surface area contributed by atoms with E-state index in [2.05, 4.69) is 17.2 Å². The van der Waals surface area contributed by atoms with E-state index in [0.29, 0.717) is 5.69 Å². The van der Waals surface area contributed by atoms with Gasteiger partial charge >= 0.3 is 0 Å². The van der Waals surface area contributed by atoms with Crippen molar-refractivity contribution in [1.29, 1.82) is 0 Å². The van der Waals surface area contributed by atoms with Gasteiger partial charge in [0.2, 0.25) is 5.91 Å². The van der Waals surface area contributed by atoms with Crippen molar-refractivity contribution >= 4 is 28.2 Å². The molecule has 0 bridgehead atoms. The van der Waals surface area contributed by atoms with Crippen LogP contribution in [-0.4, -0.2) is 10.9 Å². The molecule has 1 fully saturated rings. The minimum Gasteiger partial charge on any atom is -0.397 e. The molecule has 0 spiro atoms. The molecule has 3 rings (SSSR count). The Hall–Kier alpha value is -2.10. The van der Waals surface area contributed by atoms with E-state index >= 15 is 0 Å². The Morgan fingerprint density at radius 3 is 2.76 bits per heavy atom. The van der Waals surface area contributed by atoms with E-state index in [-0.39, 0.29) is 11.8 Å². The number of nitrogens with zero attached hydrogens (tertiary/aromatic N) is 1. The first-order valence-corrected chi connectivity index (χ1v) is 7.59. The number of hydrogen-bond donors (Lipinski definition) is 2. The monoisotopic (exact) mass is 283 g/mol. The van der Waals surface area contributed by atoms with Crippen LogP contribution in [0.2, 0.25) is 0 Å². The van der Waals surface area contributed by atoms with Gasteiger partial charge in [-0.05, 0) is 55.9 Å². The van der Waals surface area contributed by atoms with E-state index in [1.54, 1.807) is 12.3 Å². The molecule has 0 saturated heterocycles. The predicted octanol–water partition coefficient (Wildman–Crippen LogP) is 3.58. The molecular weight excluding hydrogens is 262 g/mol. The zero-order chi connectivity index (χ0) is 14.8. The highest BCUT2D eigenvalue weighted by Crippen LogP contribution is 2.31. The third-order valence-corrected chi connectivity index (χ3v) is 4.45. The third kappa shape index (κ3) is 2.84. The van der Waals surface area contributed by atoms with E-state index in [9.17, 15) is 4.79 Å². The van der Waals surface area contributed by atoms with Gasteiger partial charge < -0.3 is 11.1 Å². The fourth-order valence-electron chi connectivity index (χ4n) is 3.06. The molecule has 4 nitrogen and oxygen atoms in total. The summed E-state index contributed by atoms with van der Waals surface area (Å²) in [5, 5.41) is 3.96. The highest BCUT2D eigenvalue weighted by atomic mass is 16.1. The number of carbonyl (C=O) groups excluding carboxylic acids is 1. The topological polar surface area (TPSA) is 68.0 Å². The summed E-state index contributed by atoms with van der Waals surface area (Å²) in [6.45, 7) is 2.26. The second-order valence-corrected chi connectivity index (χ2v) is 6.05. The van der Waals surface area contributed by atoms with Crippen molar-refractivity contribution in [1.82, 2.24) is 4.98 Å². The number of amides is 1. The summed E-state index contributed by atoms with van der Waals surface area (Å²) in [6, 6.07) is 7.47. The molecular formula is C17H21N3O. The Morgan fingerprint density at radius 1 is 1.24 bits per heavy atom. The average Bonchev–Trinajstić information content (AvgIpc) is 2.51. The lowest BCUT2D eigenvalue weighted by Gasteiger charge is -2.25. The lowest BCUT2D eigenvalue weighted by atomic mass is 9.82. The van der Waals surface area contributed by atoms with Crippen LogP contribution in [0.4, 0.5) is 11.4 Å². The first-order valence-electron chi connectivity index (χ1n) is 7.59. The average molecular weight is 283 g/mol. The van der Waals surface area contributed by atoms with E-state index in [0.717, 1.165) is 48.2 Å². The molecule has 4 heteroatoms. The van der Waals surface area contributed by atoms with Crippen molar-refractivity contribution in [3.05, 3.63) is 30.5 Å². The molecule has 1 heterocycles. The summed E-state index contributed by atoms with van der Waals surface area (Å²) >= 11 is 0. The quantitative estimate of drug-likeness (QED) is 0.828. The molecule has 2 aromatic rings. The third-order valence-electron chi connectivity index (χ3n) is 4.45. The summed E-state index contributed by atoms with van der Waals surface area (Å²) in [4.78, 5) is 16.7. The Kier molecular flexibility index (Phi) is 3.78. The molecule has 3 N–H and O–H groups in total. The predicted molar refractivity (Wildman–Crippen MR) is 85.9 cm³/mol. The zero-order valence-electron chi connectivity index (χ0n) is 12.3. The number of rotatable bonds is 2. The van der Waals surface area contributed by atoms with Crippen LogP contribution in [0.15, 0.2) is 30.5 Å². The molecule has 0 atom stereocenters. The number of fused-ring (bicyclic) bond motifs is 1. The largest absolute Gasteiger partial charge is 0.397 e. The zero-order valence-corrected chi connectivity index (χ0v) is 12.3. The Balaban J connectivity index is 1.82. The van der Waals surface area contributed by atoms with Crippen LogP contribution < -0.4 is 11.1 Å². The summed E-state index contributed by atoms with van der Waals surface area (Å²) in [5.74, 6) is 0.998. The Labute approximate surface area is 124 Å². The molecule has 1 aliphatic rings. The SMILES string of the molecule is CC1CCC(C(=O)Nc2ccc(N)c3ncccc23)CC1. The number of nitrogen functional groups attached to an aromatic ring is 1. The number of nitrogens with one attached hydrogen (secondary N) is 1. The van der Waals surface area contributed by atoms with Crippen molar-refractivity contribution in [3.63, 3.8) is 0 Å². The molecule has 0 radical (unpaired) electrons. The van der Waals surface area contributed by atoms with Crippen LogP contribution >= 0.6 is 0 Å². The number of aromatic nitrogens is 1. The van der Waals surface area contributed by atoms with Gasteiger partial charge in [-0.3, -0.25) is 9.78 Å². The van der Waals surface area contributed by atoms with Crippen LogP contribution in [0.3, 0.4) is 0 Å². The minimum absolute atomic E-state index is 0.122. The number of hydrogen-bond acceptors (Lipinski definition) is 3. The lowest BCUT2D eigenvalue weighted by Crippen LogP contribution is -2.26. The van der Waals surface area contributed by atoms with Crippen molar-refractivity contribution < 1.29 is 4.79 Å². The summed E-state index contributed by atoms with van der Waals surface area (Å²) in [6.07, 6.45) is 5.97. The van der Waals surface area contributed by atoms with E-state index < -0.39 is 0 Å². The van der Waals surface area contributed by atoms with Crippen LogP contribution in [0.1, 0.15) is 32.6 Å². The lowest BCUT2D eigenvalue weighted by molar-refractivity contribution is -0.121. The molecule has 1 aromatic carbocycles. The standard InChI is InChI=1S/C17H21N3O/c1-11-4-6-12(7-5-11)17(21)20-15-9-8-14(18)16-13(15)3-2-10-19-16/h2-3,8-12H,4-7,18H2,1H3,(H,20,21). The molecule has 1 saturated carbocycles. The molecule has 0 aliphatic heterocycles. The number of anilines is 2. The van der Waals surface area contributed by atoms with Crippen molar-refractivity contribution in [2.75, 3.05) is 11.1 Å². The molecule has 1 amide bonds. The fraction of sp³-hybridized carbons (Fsp3) is 0.412. The van der Waals surface area contributed by atoms with Crippen LogP contribution in [0.5, 0.6) is 0 Å². The van der Waals surface area contributed by atoms with E-state index in [4.69, 9.17) is 5.73 Å². The van der Waals surface area contributed by atoms with E-state index in [1.165, 1.54) is 0 Å². The number of nitrogens with two attached hydrogens (primary N) is 1. The van der Waals surface area contributed by atoms with Crippen molar-refractivity contribution in [3.8, 4) is 0 Å². The van der Waals surface area contributed by atoms with Gasteiger partial charge in [0.05, 0.1) is 16.9 Å². The first kappa shape index (κ1) is 13.9. The maximum atomic E-state index is 12.4. The molecule has 0 unspecified atom stereocenters. The number of benzene rings is 1. The van der Waals surface area contributed by atoms with Gasteiger partial charge in [-0.15, -0.1) is 0 Å². The second-order valence-electron chi connectivity index (χ2n) is 6.05. The van der Waals surface area contributed by atoms with Gasteiger partial charge in [-0.2, -0.15) is 0 Å². The fourth-order valence-corrected chi connectivity index (χ4v) is 3.06. The normalized spacial score (nSPS) is 22.1. The van der Waals surface area contributed by atoms with E-state index in [1.807, 2.05) is 18.2 Å². The Morgan fingerprint density at radius 2 is 2.00 bits per heavy atom. The van der Waals surface area contributed by atoms with Gasteiger partial charge in [0.25, 0.3) is 0 Å². The molecule has 110 valence electrons. The number of pyridine rings is 1. The molecule has 1 aromatic heterocycles. The van der Waals surface area contributed by atoms with Gasteiger partial charge in [-0.1, -0.05) is 6.92 Å². The number of carbonyl (C=O) groups is 1.